The van der Waals surface area contributed by atoms with Gasteiger partial charge in [-0.15, -0.1) is 11.3 Å². The largest absolute Gasteiger partial charge is 0.328 e. The number of thiazole rings is 1. The molecule has 1 amide bonds. The number of halogens is 1. The molecule has 0 saturated carbocycles. The molecule has 134 valence electrons. The number of aromatic nitrogens is 1. The van der Waals surface area contributed by atoms with E-state index in [9.17, 15) is 9.18 Å². The second-order valence-electron chi connectivity index (χ2n) is 7.46. The molecule has 1 saturated heterocycles. The van der Waals surface area contributed by atoms with Gasteiger partial charge >= 0.3 is 0 Å². The maximum Gasteiger partial charge on any atom is 0.266 e. The second-order valence-corrected chi connectivity index (χ2v) is 8.46. The Labute approximate surface area is 152 Å². The summed E-state index contributed by atoms with van der Waals surface area (Å²) in [5.41, 5.74) is 1.51. The number of rotatable bonds is 2. The minimum absolute atomic E-state index is 0.0127. The minimum Gasteiger partial charge on any atom is -0.328 e. The predicted octanol–water partition coefficient (Wildman–Crippen LogP) is 3.67. The smallest absolute Gasteiger partial charge is 0.266 e. The first-order valence-electron chi connectivity index (χ1n) is 8.52. The van der Waals surface area contributed by atoms with E-state index in [-0.39, 0.29) is 23.2 Å². The number of benzene rings is 1. The van der Waals surface area contributed by atoms with E-state index in [0.29, 0.717) is 18.0 Å². The Kier molecular flexibility index (Phi) is 4.93. The Morgan fingerprint density at radius 2 is 2.16 bits per heavy atom. The molecule has 2 heterocycles. The topological polar surface area (TPSA) is 45.2 Å². The third-order valence-corrected chi connectivity index (χ3v) is 5.94. The molecule has 1 atom stereocenters. The Balaban J connectivity index is 1.93. The van der Waals surface area contributed by atoms with Gasteiger partial charge in [-0.1, -0.05) is 32.9 Å². The van der Waals surface area contributed by atoms with E-state index in [2.05, 4.69) is 31.1 Å². The molecular weight excluding hydrogens is 337 g/mol. The molecule has 25 heavy (non-hydrogen) atoms. The molecule has 6 heteroatoms. The molecule has 4 nitrogen and oxygen atoms in total. The minimum atomic E-state index is -0.278. The highest BCUT2D eigenvalue weighted by Gasteiger charge is 2.32. The van der Waals surface area contributed by atoms with Gasteiger partial charge in [-0.3, -0.25) is 4.79 Å². The van der Waals surface area contributed by atoms with E-state index in [1.165, 1.54) is 23.5 Å². The normalized spacial score (nSPS) is 18.4. The van der Waals surface area contributed by atoms with Crippen LogP contribution in [0.3, 0.4) is 0 Å². The van der Waals surface area contributed by atoms with E-state index in [0.717, 1.165) is 22.8 Å². The third kappa shape index (κ3) is 3.75. The summed E-state index contributed by atoms with van der Waals surface area (Å²) in [5, 5.41) is 4.27. The standard InChI is InChI=1S/C19H24FN3OS/c1-12-16(25-18(22-12)19(2,3)4)17(24)23-9-8-21-11-15(23)13-6-5-7-14(20)10-13/h5-7,10,15,21H,8-9,11H2,1-4H3. The summed E-state index contributed by atoms with van der Waals surface area (Å²) in [6, 6.07) is 6.34. The zero-order valence-electron chi connectivity index (χ0n) is 15.1. The number of nitrogens with one attached hydrogen (secondary N) is 1. The lowest BCUT2D eigenvalue weighted by atomic mass is 9.98. The van der Waals surface area contributed by atoms with E-state index in [1.54, 1.807) is 6.07 Å². The van der Waals surface area contributed by atoms with Gasteiger partial charge in [-0.25, -0.2) is 9.37 Å². The highest BCUT2D eigenvalue weighted by atomic mass is 32.1. The van der Waals surface area contributed by atoms with Gasteiger partial charge in [-0.05, 0) is 24.6 Å². The molecule has 0 aliphatic carbocycles. The van der Waals surface area contributed by atoms with Crippen molar-refractivity contribution in [3.8, 4) is 0 Å². The van der Waals surface area contributed by atoms with Gasteiger partial charge in [0.15, 0.2) is 0 Å². The summed E-state index contributed by atoms with van der Waals surface area (Å²) in [6.07, 6.45) is 0. The van der Waals surface area contributed by atoms with Crippen LogP contribution in [0.5, 0.6) is 0 Å². The molecular formula is C19H24FN3OS. The van der Waals surface area contributed by atoms with E-state index >= 15 is 0 Å². The van der Waals surface area contributed by atoms with Crippen LogP contribution < -0.4 is 5.32 Å². The monoisotopic (exact) mass is 361 g/mol. The first-order valence-corrected chi connectivity index (χ1v) is 9.34. The van der Waals surface area contributed by atoms with Crippen molar-refractivity contribution in [2.75, 3.05) is 19.6 Å². The Morgan fingerprint density at radius 3 is 2.80 bits per heavy atom. The summed E-state index contributed by atoms with van der Waals surface area (Å²) >= 11 is 1.47. The van der Waals surface area contributed by atoms with Crippen LogP contribution in [0.25, 0.3) is 0 Å². The molecule has 1 aliphatic heterocycles. The van der Waals surface area contributed by atoms with Crippen LogP contribution in [0.1, 0.15) is 52.7 Å². The molecule has 1 unspecified atom stereocenters. The number of carbonyl (C=O) groups excluding carboxylic acids is 1. The van der Waals surface area contributed by atoms with Crippen LogP contribution in [0, 0.1) is 12.7 Å². The summed E-state index contributed by atoms with van der Waals surface area (Å²) in [6.45, 7) is 10.1. The summed E-state index contributed by atoms with van der Waals surface area (Å²) < 4.78 is 13.6. The van der Waals surface area contributed by atoms with E-state index in [4.69, 9.17) is 0 Å². The molecule has 1 fully saturated rings. The molecule has 1 aliphatic rings. The lowest BCUT2D eigenvalue weighted by Gasteiger charge is -2.36. The Morgan fingerprint density at radius 1 is 1.40 bits per heavy atom. The molecule has 0 bridgehead atoms. The zero-order valence-corrected chi connectivity index (χ0v) is 15.9. The average molecular weight is 361 g/mol. The molecule has 3 rings (SSSR count). The van der Waals surface area contributed by atoms with Crippen LogP contribution in [0.15, 0.2) is 24.3 Å². The van der Waals surface area contributed by atoms with Crippen LogP contribution >= 0.6 is 11.3 Å². The van der Waals surface area contributed by atoms with Crippen molar-refractivity contribution in [2.24, 2.45) is 0 Å². The highest BCUT2D eigenvalue weighted by molar-refractivity contribution is 7.14. The van der Waals surface area contributed by atoms with Crippen LogP contribution in [-0.4, -0.2) is 35.4 Å². The molecule has 1 aromatic heterocycles. The van der Waals surface area contributed by atoms with Crippen LogP contribution in [0.4, 0.5) is 4.39 Å². The van der Waals surface area contributed by atoms with Crippen LogP contribution in [0.2, 0.25) is 0 Å². The third-order valence-electron chi connectivity index (χ3n) is 4.37. The fourth-order valence-electron chi connectivity index (χ4n) is 3.01. The lowest BCUT2D eigenvalue weighted by Crippen LogP contribution is -2.48. The fourth-order valence-corrected chi connectivity index (χ4v) is 4.09. The molecule has 2 aromatic rings. The number of carbonyl (C=O) groups is 1. The van der Waals surface area contributed by atoms with Crippen molar-refractivity contribution in [1.82, 2.24) is 15.2 Å². The van der Waals surface area contributed by atoms with Crippen molar-refractivity contribution >= 4 is 17.2 Å². The van der Waals surface area contributed by atoms with Gasteiger partial charge < -0.3 is 10.2 Å². The van der Waals surface area contributed by atoms with Crippen molar-refractivity contribution in [3.63, 3.8) is 0 Å². The predicted molar refractivity (Wildman–Crippen MR) is 98.6 cm³/mol. The quantitative estimate of drug-likeness (QED) is 0.888. The number of amides is 1. The Bertz CT molecular complexity index is 781. The van der Waals surface area contributed by atoms with Gasteiger partial charge in [0.1, 0.15) is 10.7 Å². The van der Waals surface area contributed by atoms with Crippen LogP contribution in [-0.2, 0) is 5.41 Å². The van der Waals surface area contributed by atoms with Gasteiger partial charge in [0.25, 0.3) is 5.91 Å². The Hall–Kier alpha value is -1.79. The average Bonchev–Trinajstić information content (AvgIpc) is 2.96. The summed E-state index contributed by atoms with van der Waals surface area (Å²) in [7, 11) is 0. The van der Waals surface area contributed by atoms with Gasteiger partial charge in [-0.2, -0.15) is 0 Å². The molecule has 1 N–H and O–H groups in total. The second kappa shape index (κ2) is 6.84. The van der Waals surface area contributed by atoms with Gasteiger partial charge in [0.05, 0.1) is 16.7 Å². The van der Waals surface area contributed by atoms with Crippen molar-refractivity contribution < 1.29 is 9.18 Å². The maximum absolute atomic E-state index is 13.6. The number of nitrogens with zero attached hydrogens (tertiary/aromatic N) is 2. The maximum atomic E-state index is 13.6. The first kappa shape index (κ1) is 18.0. The molecule has 0 spiro atoms. The summed E-state index contributed by atoms with van der Waals surface area (Å²) in [5.74, 6) is -0.291. The zero-order chi connectivity index (χ0) is 18.2. The first-order chi connectivity index (χ1) is 11.8. The van der Waals surface area contributed by atoms with Gasteiger partial charge in [0, 0.05) is 25.0 Å². The number of hydrogen-bond donors (Lipinski definition) is 1. The molecule has 0 radical (unpaired) electrons. The fraction of sp³-hybridized carbons (Fsp3) is 0.474. The van der Waals surface area contributed by atoms with Gasteiger partial charge in [0.2, 0.25) is 0 Å². The van der Waals surface area contributed by atoms with E-state index < -0.39 is 0 Å². The highest BCUT2D eigenvalue weighted by Crippen LogP contribution is 2.32. The SMILES string of the molecule is Cc1nc(C(C)(C)C)sc1C(=O)N1CCNCC1c1cccc(F)c1. The number of piperazine rings is 1. The number of hydrogen-bond acceptors (Lipinski definition) is 4. The summed E-state index contributed by atoms with van der Waals surface area (Å²) in [4.78, 5) is 20.3. The lowest BCUT2D eigenvalue weighted by molar-refractivity contribution is 0.0638. The number of aryl methyl sites for hydroxylation is 1. The molecule has 1 aromatic carbocycles. The van der Waals surface area contributed by atoms with Crippen molar-refractivity contribution in [2.45, 2.75) is 39.2 Å². The van der Waals surface area contributed by atoms with Crippen molar-refractivity contribution in [1.29, 1.82) is 0 Å². The van der Waals surface area contributed by atoms with Crippen molar-refractivity contribution in [3.05, 3.63) is 51.2 Å². The van der Waals surface area contributed by atoms with E-state index in [1.807, 2.05) is 17.9 Å².